The van der Waals surface area contributed by atoms with Crippen molar-refractivity contribution in [2.24, 2.45) is 0 Å². The van der Waals surface area contributed by atoms with E-state index in [-0.39, 0.29) is 23.8 Å². The largest absolute Gasteiger partial charge is 0.507 e. The molecule has 0 saturated carbocycles. The normalized spacial score (nSPS) is 11.0. The number of carboxylic acids is 1. The topological polar surface area (TPSA) is 145 Å². The van der Waals surface area contributed by atoms with Crippen LogP contribution in [0, 0.1) is 0 Å². The summed E-state index contributed by atoms with van der Waals surface area (Å²) >= 11 is 0. The van der Waals surface area contributed by atoms with Crippen LogP contribution in [0.15, 0.2) is 71.3 Å². The number of aromatic hydroxyl groups is 1. The average Bonchev–Trinajstić information content (AvgIpc) is 3.44. The van der Waals surface area contributed by atoms with Crippen molar-refractivity contribution in [1.29, 1.82) is 0 Å². The standard InChI is InChI=1S/C22H17N5O5/c28-18-8-6-15(12-17(18)22(30)31)19-9-7-16(32-19)10-11-23-20(29)13-27-25-21(24-26-27)14-4-2-1-3-5-14/h1-12H,13H2,(H3,23,24,25,26,28,29,30,31)/p+1. The minimum Gasteiger partial charge on any atom is -0.507 e. The van der Waals surface area contributed by atoms with Crippen LogP contribution in [0.25, 0.3) is 28.8 Å². The van der Waals surface area contributed by atoms with Crippen LogP contribution in [0.2, 0.25) is 0 Å². The molecule has 0 aliphatic heterocycles. The molecular weight excluding hydrogens is 414 g/mol. The number of furan rings is 1. The molecule has 4 aromatic rings. The molecule has 2 heterocycles. The molecule has 0 unspecified atom stereocenters. The van der Waals surface area contributed by atoms with Crippen molar-refractivity contribution in [1.82, 2.24) is 20.7 Å². The van der Waals surface area contributed by atoms with Gasteiger partial charge in [-0.1, -0.05) is 23.0 Å². The molecule has 10 nitrogen and oxygen atoms in total. The Kier molecular flexibility index (Phi) is 5.75. The Bertz CT molecular complexity index is 1290. The molecule has 32 heavy (non-hydrogen) atoms. The highest BCUT2D eigenvalue weighted by Crippen LogP contribution is 2.27. The van der Waals surface area contributed by atoms with Crippen LogP contribution in [0.4, 0.5) is 0 Å². The summed E-state index contributed by atoms with van der Waals surface area (Å²) < 4.78 is 5.65. The van der Waals surface area contributed by atoms with Crippen molar-refractivity contribution in [3.63, 3.8) is 0 Å². The number of nitrogens with zero attached hydrogens (tertiary/aromatic N) is 3. The van der Waals surface area contributed by atoms with Gasteiger partial charge < -0.3 is 19.9 Å². The second-order valence-corrected chi connectivity index (χ2v) is 6.70. The third kappa shape index (κ3) is 4.70. The number of rotatable bonds is 7. The maximum absolute atomic E-state index is 12.1. The molecule has 10 heteroatoms. The molecule has 4 rings (SSSR count). The lowest BCUT2D eigenvalue weighted by atomic mass is 10.1. The van der Waals surface area contributed by atoms with E-state index in [1.807, 2.05) is 30.3 Å². The van der Waals surface area contributed by atoms with Gasteiger partial charge in [-0.25, -0.2) is 4.79 Å². The molecule has 0 aliphatic carbocycles. The Morgan fingerprint density at radius 2 is 1.91 bits per heavy atom. The molecule has 0 bridgehead atoms. The smallest absolute Gasteiger partial charge is 0.339 e. The Hall–Kier alpha value is -4.73. The second kappa shape index (κ2) is 8.96. The van der Waals surface area contributed by atoms with Crippen LogP contribution in [0.3, 0.4) is 0 Å². The number of hydrogen-bond donors (Lipinski definition) is 4. The lowest BCUT2D eigenvalue weighted by molar-refractivity contribution is -0.794. The molecule has 0 fully saturated rings. The molecule has 2 aromatic carbocycles. The Labute approximate surface area is 181 Å². The first-order valence-electron chi connectivity index (χ1n) is 9.50. The number of aromatic nitrogens is 4. The number of nitrogens with one attached hydrogen (secondary N) is 2. The Morgan fingerprint density at radius 1 is 1.09 bits per heavy atom. The summed E-state index contributed by atoms with van der Waals surface area (Å²) in [4.78, 5) is 24.6. The van der Waals surface area contributed by atoms with Crippen LogP contribution in [-0.4, -0.2) is 37.5 Å². The third-order valence-corrected chi connectivity index (χ3v) is 4.44. The number of H-pyrrole nitrogens is 1. The van der Waals surface area contributed by atoms with Crippen LogP contribution in [-0.2, 0) is 11.3 Å². The fourth-order valence-electron chi connectivity index (χ4n) is 2.90. The van der Waals surface area contributed by atoms with E-state index in [4.69, 9.17) is 9.52 Å². The van der Waals surface area contributed by atoms with Crippen molar-refractivity contribution in [3.05, 3.63) is 78.2 Å². The van der Waals surface area contributed by atoms with Gasteiger partial charge in [-0.15, -0.1) is 0 Å². The summed E-state index contributed by atoms with van der Waals surface area (Å²) in [6.07, 6.45) is 2.99. The predicted octanol–water partition coefficient (Wildman–Crippen LogP) is 2.21. The minimum absolute atomic E-state index is 0.0565. The van der Waals surface area contributed by atoms with E-state index in [0.29, 0.717) is 22.9 Å². The lowest BCUT2D eigenvalue weighted by Crippen LogP contribution is -2.45. The molecule has 0 aliphatic rings. The Morgan fingerprint density at radius 3 is 2.69 bits per heavy atom. The van der Waals surface area contributed by atoms with Gasteiger partial charge in [-0.3, -0.25) is 4.79 Å². The molecule has 160 valence electrons. The minimum atomic E-state index is -1.24. The number of tetrazole rings is 1. The first-order chi connectivity index (χ1) is 15.5. The number of phenols is 1. The summed E-state index contributed by atoms with van der Waals surface area (Å²) in [5, 5.41) is 32.3. The van der Waals surface area contributed by atoms with Gasteiger partial charge >= 0.3 is 11.8 Å². The van der Waals surface area contributed by atoms with Gasteiger partial charge in [-0.2, -0.15) is 0 Å². The molecular formula is C22H18N5O5+. The number of carboxylic acid groups (broad SMARTS) is 1. The number of carbonyl (C=O) groups excluding carboxylic acids is 1. The summed E-state index contributed by atoms with van der Waals surface area (Å²) in [6.45, 7) is -0.0565. The van der Waals surface area contributed by atoms with Crippen molar-refractivity contribution in [2.45, 2.75) is 6.54 Å². The monoisotopic (exact) mass is 432 g/mol. The van der Waals surface area contributed by atoms with Gasteiger partial charge in [-0.05, 0) is 58.9 Å². The molecule has 1 amide bonds. The zero-order chi connectivity index (χ0) is 22.5. The van der Waals surface area contributed by atoms with Gasteiger partial charge in [0.1, 0.15) is 22.8 Å². The van der Waals surface area contributed by atoms with Gasteiger partial charge in [0.2, 0.25) is 6.54 Å². The number of carbonyl (C=O) groups is 2. The number of hydrogen-bond acceptors (Lipinski definition) is 6. The fourth-order valence-corrected chi connectivity index (χ4v) is 2.90. The molecule has 0 atom stereocenters. The van der Waals surface area contributed by atoms with E-state index in [1.54, 1.807) is 24.3 Å². The van der Waals surface area contributed by atoms with Crippen LogP contribution >= 0.6 is 0 Å². The number of benzene rings is 2. The zero-order valence-corrected chi connectivity index (χ0v) is 16.6. The first-order valence-corrected chi connectivity index (χ1v) is 9.50. The average molecular weight is 432 g/mol. The quantitative estimate of drug-likeness (QED) is 0.328. The number of aromatic amines is 1. The second-order valence-electron chi connectivity index (χ2n) is 6.70. The van der Waals surface area contributed by atoms with Gasteiger partial charge in [0.15, 0.2) is 0 Å². The van der Waals surface area contributed by atoms with Crippen LogP contribution in [0.5, 0.6) is 5.75 Å². The maximum atomic E-state index is 12.1. The highest BCUT2D eigenvalue weighted by atomic mass is 16.4. The number of aromatic carboxylic acids is 1. The summed E-state index contributed by atoms with van der Waals surface area (Å²) in [6, 6.07) is 16.9. The Balaban J connectivity index is 1.35. The van der Waals surface area contributed by atoms with Gasteiger partial charge in [0, 0.05) is 11.8 Å². The highest BCUT2D eigenvalue weighted by Gasteiger charge is 2.16. The highest BCUT2D eigenvalue weighted by molar-refractivity contribution is 5.92. The van der Waals surface area contributed by atoms with Crippen molar-refractivity contribution < 1.29 is 29.0 Å². The van der Waals surface area contributed by atoms with E-state index >= 15 is 0 Å². The first kappa shape index (κ1) is 20.5. The van der Waals surface area contributed by atoms with E-state index in [2.05, 4.69) is 20.7 Å². The molecule has 0 spiro atoms. The van der Waals surface area contributed by atoms with Crippen molar-refractivity contribution >= 4 is 18.0 Å². The SMILES string of the molecule is O=C(C[n+]1nc(-c2ccccc2)n[nH]1)NC=Cc1ccc(-c2ccc(O)c(C(=O)O)c2)o1. The summed E-state index contributed by atoms with van der Waals surface area (Å²) in [7, 11) is 0. The molecule has 2 aromatic heterocycles. The van der Waals surface area contributed by atoms with Crippen molar-refractivity contribution in [3.8, 4) is 28.5 Å². The third-order valence-electron chi connectivity index (χ3n) is 4.44. The van der Waals surface area contributed by atoms with Crippen molar-refractivity contribution in [2.75, 3.05) is 0 Å². The predicted molar refractivity (Wildman–Crippen MR) is 112 cm³/mol. The maximum Gasteiger partial charge on any atom is 0.339 e. The summed E-state index contributed by atoms with van der Waals surface area (Å²) in [5.74, 6) is -0.528. The van der Waals surface area contributed by atoms with E-state index in [1.165, 1.54) is 23.1 Å². The fraction of sp³-hybridized carbons (Fsp3) is 0.0455. The number of amides is 1. The van der Waals surface area contributed by atoms with Gasteiger partial charge in [0.05, 0.1) is 10.7 Å². The molecule has 0 radical (unpaired) electrons. The van der Waals surface area contributed by atoms with E-state index in [0.717, 1.165) is 5.56 Å². The van der Waals surface area contributed by atoms with Gasteiger partial charge in [0.25, 0.3) is 5.91 Å². The van der Waals surface area contributed by atoms with E-state index in [9.17, 15) is 14.7 Å². The van der Waals surface area contributed by atoms with E-state index < -0.39 is 5.97 Å². The zero-order valence-electron chi connectivity index (χ0n) is 16.6. The summed E-state index contributed by atoms with van der Waals surface area (Å²) in [5.41, 5.74) is 1.11. The van der Waals surface area contributed by atoms with Crippen LogP contribution in [0.1, 0.15) is 16.1 Å². The van der Waals surface area contributed by atoms with Crippen LogP contribution < -0.4 is 10.1 Å². The molecule has 4 N–H and O–H groups in total. The molecule has 0 saturated heterocycles. The lowest BCUT2D eigenvalue weighted by Gasteiger charge is -2.02.